The molecule has 57 heavy (non-hydrogen) atoms. The van der Waals surface area contributed by atoms with Crippen LogP contribution in [-0.4, -0.2) is 173 Å². The molecule has 0 aromatic heterocycles. The minimum Gasteiger partial charge on any atom is -0.430 e. The van der Waals surface area contributed by atoms with E-state index in [0.717, 1.165) is 0 Å². The predicted molar refractivity (Wildman–Crippen MR) is 149 cm³/mol. The molecule has 9 heterocycles. The molecule has 0 radical (unpaired) electrons. The normalized spacial score (nSPS) is 46.3. The summed E-state index contributed by atoms with van der Waals surface area (Å²) in [5.74, 6) is 0. The van der Waals surface area contributed by atoms with Crippen LogP contribution < -0.4 is 0 Å². The van der Waals surface area contributed by atoms with Crippen molar-refractivity contribution < 1.29 is 136 Å². The molecule has 16 atom stereocenters. The molecule has 9 aliphatic heterocycles. The Morgan fingerprint density at radius 1 is 0.281 bits per heavy atom. The van der Waals surface area contributed by atoms with Crippen molar-refractivity contribution in [3.8, 4) is 0 Å². The van der Waals surface area contributed by atoms with Crippen molar-refractivity contribution in [1.82, 2.24) is 0 Å². The Balaban J connectivity index is 1.03. The van der Waals surface area contributed by atoms with E-state index in [4.69, 9.17) is 81.9 Å². The first kappa shape index (κ1) is 37.8. The summed E-state index contributed by atoms with van der Waals surface area (Å²) in [5, 5.41) is 0. The first-order chi connectivity index (χ1) is 26.8. The van der Waals surface area contributed by atoms with Gasteiger partial charge in [-0.3, -0.25) is 0 Å². The van der Waals surface area contributed by atoms with Gasteiger partial charge in [-0.2, -0.15) is 25.3 Å². The molecule has 314 valence electrons. The summed E-state index contributed by atoms with van der Waals surface area (Å²) in [5.41, 5.74) is 0. The molecule has 9 rings (SSSR count). The van der Waals surface area contributed by atoms with Gasteiger partial charge in [-0.05, 0) is 0 Å². The number of carbonyl (C=O) groups is 6. The fraction of sp³-hybridized carbons (Fsp3) is 0.750. The lowest BCUT2D eigenvalue weighted by atomic mass is 9.88. The van der Waals surface area contributed by atoms with Gasteiger partial charge in [-0.25, -0.2) is 53.9 Å². The van der Waals surface area contributed by atoms with Gasteiger partial charge in [0.15, 0.2) is 73.2 Å². The van der Waals surface area contributed by atoms with Crippen LogP contribution in [0.2, 0.25) is 0 Å². The van der Waals surface area contributed by atoms with E-state index in [1.165, 1.54) is 0 Å². The molecule has 30 nitrogen and oxygen atoms in total. The van der Waals surface area contributed by atoms with Crippen molar-refractivity contribution >= 4 is 68.1 Å². The van der Waals surface area contributed by atoms with Crippen LogP contribution in [0.1, 0.15) is 0 Å². The highest BCUT2D eigenvalue weighted by atomic mass is 32.3. The molecule has 0 spiro atoms. The summed E-state index contributed by atoms with van der Waals surface area (Å²) in [7, 11) is -15.7. The first-order valence-corrected chi connectivity index (χ1v) is 19.8. The molecule has 0 aromatic carbocycles. The highest BCUT2D eigenvalue weighted by Gasteiger charge is 2.69. The average Bonchev–Trinajstić information content (AvgIpc) is 3.95. The fourth-order valence-corrected chi connectivity index (χ4v) is 10.4. The van der Waals surface area contributed by atoms with E-state index in [0.29, 0.717) is 0 Å². The molecule has 9 fully saturated rings. The van der Waals surface area contributed by atoms with Gasteiger partial charge in [0.05, 0.1) is 0 Å². The Kier molecular flexibility index (Phi) is 8.70. The largest absolute Gasteiger partial charge is 0.509 e. The Morgan fingerprint density at radius 2 is 0.491 bits per heavy atom. The Morgan fingerprint density at radius 3 is 0.737 bits per heavy atom. The summed E-state index contributed by atoms with van der Waals surface area (Å²) >= 11 is 0. The molecule has 0 aromatic rings. The molecule has 0 amide bonds. The van der Waals surface area contributed by atoms with Crippen LogP contribution in [-0.2, 0) is 113 Å². The maximum Gasteiger partial charge on any atom is 0.509 e. The van der Waals surface area contributed by atoms with Crippen molar-refractivity contribution in [2.45, 2.75) is 97.7 Å². The van der Waals surface area contributed by atoms with Gasteiger partial charge in [0, 0.05) is 0 Å². The minimum atomic E-state index is -5.27. The van der Waals surface area contributed by atoms with Crippen LogP contribution >= 0.6 is 0 Å². The van der Waals surface area contributed by atoms with Gasteiger partial charge in [0.1, 0.15) is 37.6 Å². The second-order valence-electron chi connectivity index (χ2n) is 12.7. The second kappa shape index (κ2) is 13.1. The summed E-state index contributed by atoms with van der Waals surface area (Å²) < 4.78 is 167. The molecule has 0 bridgehead atoms. The van der Waals surface area contributed by atoms with Crippen LogP contribution in [0.4, 0.5) is 28.8 Å². The van der Waals surface area contributed by atoms with Crippen LogP contribution in [0.3, 0.4) is 0 Å². The van der Waals surface area contributed by atoms with Crippen molar-refractivity contribution in [2.24, 2.45) is 0 Å². The molecule has 0 N–H and O–H groups in total. The van der Waals surface area contributed by atoms with E-state index < -0.39 is 179 Å². The molecular formula is C24H20O30S3. The van der Waals surface area contributed by atoms with Crippen molar-refractivity contribution in [1.29, 1.82) is 0 Å². The number of carbonyl (C=O) groups excluding carboxylic acids is 6. The Hall–Kier alpha value is -4.77. The smallest absolute Gasteiger partial charge is 0.430 e. The van der Waals surface area contributed by atoms with Crippen LogP contribution in [0.15, 0.2) is 0 Å². The highest BCUT2D eigenvalue weighted by molar-refractivity contribution is 7.82. The zero-order valence-corrected chi connectivity index (χ0v) is 29.6. The first-order valence-electron chi connectivity index (χ1n) is 15.8. The monoisotopic (exact) mass is 884 g/mol. The van der Waals surface area contributed by atoms with E-state index >= 15 is 0 Å². The fourth-order valence-electron chi connectivity index (χ4n) is 7.31. The molecular weight excluding hydrogens is 864 g/mol. The van der Waals surface area contributed by atoms with Gasteiger partial charge in [-0.15, -0.1) is 0 Å². The number of rotatable bonds is 8. The number of hydrogen-bond donors (Lipinski definition) is 0. The van der Waals surface area contributed by atoms with E-state index in [1.807, 2.05) is 0 Å². The maximum atomic E-state index is 12.9. The highest BCUT2D eigenvalue weighted by Crippen LogP contribution is 2.45. The van der Waals surface area contributed by atoms with E-state index in [2.05, 4.69) is 0 Å². The second-order valence-corrected chi connectivity index (χ2v) is 16.3. The molecule has 33 heteroatoms. The lowest BCUT2D eigenvalue weighted by Gasteiger charge is -2.32. The lowest BCUT2D eigenvalue weighted by molar-refractivity contribution is -0.0930. The number of cyclic esters (lactones) is 12. The van der Waals surface area contributed by atoms with Gasteiger partial charge in [0.25, 0.3) is 0 Å². The van der Waals surface area contributed by atoms with E-state index in [1.54, 1.807) is 0 Å². The third-order valence-electron chi connectivity index (χ3n) is 9.40. The topological polar surface area (TPSA) is 371 Å². The van der Waals surface area contributed by atoms with Crippen molar-refractivity contribution in [2.75, 3.05) is 13.2 Å². The predicted octanol–water partition coefficient (Wildman–Crippen LogP) is -3.24. The standard InChI is InChI=1S/C24H20O30S3/c25-19-37-1-3(39-19)5-7(43-21(27)41-5)9-11(47-23(29)45-9)13-15(51-55(31,32)49-13)17-18(54-57(35,36)53-17)16-14(50-56(33,34)52-16)12-10(46-24(30)48-12)8-6(42-22(28)44-8)4-2-38-20(26)40-4/h3-18H,1-2H2. The Bertz CT molecular complexity index is 1980. The maximum absolute atomic E-state index is 12.9. The van der Waals surface area contributed by atoms with Crippen molar-refractivity contribution in [3.05, 3.63) is 0 Å². The summed E-state index contributed by atoms with van der Waals surface area (Å²) in [6, 6.07) is 0. The average molecular weight is 885 g/mol. The van der Waals surface area contributed by atoms with Gasteiger partial charge < -0.3 is 56.8 Å². The molecule has 9 saturated heterocycles. The summed E-state index contributed by atoms with van der Waals surface area (Å²) in [6.45, 7) is -0.963. The van der Waals surface area contributed by atoms with Gasteiger partial charge in [-0.1, -0.05) is 0 Å². The molecule has 16 unspecified atom stereocenters. The van der Waals surface area contributed by atoms with E-state index in [-0.39, 0.29) is 0 Å². The van der Waals surface area contributed by atoms with Gasteiger partial charge in [0.2, 0.25) is 0 Å². The zero-order chi connectivity index (χ0) is 40.3. The van der Waals surface area contributed by atoms with Crippen molar-refractivity contribution in [3.63, 3.8) is 0 Å². The van der Waals surface area contributed by atoms with Crippen LogP contribution in [0.25, 0.3) is 0 Å². The number of hydrogen-bond acceptors (Lipinski definition) is 30. The molecule has 0 aliphatic carbocycles. The lowest BCUT2D eigenvalue weighted by Crippen LogP contribution is -2.58. The number of ether oxygens (including phenoxy) is 12. The summed E-state index contributed by atoms with van der Waals surface area (Å²) in [6.07, 6.45) is -39.1. The van der Waals surface area contributed by atoms with Crippen LogP contribution in [0.5, 0.6) is 0 Å². The minimum absolute atomic E-state index is 0.481. The van der Waals surface area contributed by atoms with Gasteiger partial charge >= 0.3 is 68.1 Å². The van der Waals surface area contributed by atoms with E-state index in [9.17, 15) is 54.0 Å². The SMILES string of the molecule is O=C1OCC(C2OC(=O)OC2C2OC(=O)OC2C2OS(=O)(=O)OC2C2OS(=O)(=O)OC2C2OS(=O)(=O)OC2C2OC(=O)OC2C2OC(=O)OC2C2COC(=O)O2)O1. The van der Waals surface area contributed by atoms with Crippen LogP contribution in [0, 0.1) is 0 Å². The summed E-state index contributed by atoms with van der Waals surface area (Å²) in [4.78, 5) is 72.6. The zero-order valence-electron chi connectivity index (χ0n) is 27.1. The molecule has 0 saturated carbocycles. The quantitative estimate of drug-likeness (QED) is 0.171. The third kappa shape index (κ3) is 6.79. The molecule has 9 aliphatic rings. The Labute approximate surface area is 314 Å². The third-order valence-corrected chi connectivity index (χ3v) is 12.1.